The normalized spacial score (nSPS) is 31.9. The zero-order chi connectivity index (χ0) is 18.2. The van der Waals surface area contributed by atoms with Crippen molar-refractivity contribution in [3.8, 4) is 0 Å². The smallest absolute Gasteiger partial charge is 1.00 e. The molecule has 0 N–H and O–H groups in total. The predicted molar refractivity (Wildman–Crippen MR) is 106 cm³/mol. The van der Waals surface area contributed by atoms with Crippen molar-refractivity contribution in [2.45, 2.75) is 91.4 Å². The van der Waals surface area contributed by atoms with Crippen LogP contribution in [-0.4, -0.2) is 8.07 Å². The first-order chi connectivity index (χ1) is 11.1. The summed E-state index contributed by atoms with van der Waals surface area (Å²) in [5.41, 5.74) is 10.1. The summed E-state index contributed by atoms with van der Waals surface area (Å²) in [6.07, 6.45) is 0. The standard InChI is InChI=1S/C22H34Si.2ClH.Zr/c1-11-23(12-2,21(9)13-15(3)17(5)19(21)7)22(10)14-16(4)18(6)20(22)8;;;/h11-12H2,1-10H3;2*1H;/q;;;+2/p-2. The van der Waals surface area contributed by atoms with E-state index in [2.05, 4.69) is 69.2 Å². The van der Waals surface area contributed by atoms with E-state index < -0.39 is 31.3 Å². The summed E-state index contributed by atoms with van der Waals surface area (Å²) in [4.78, 5) is 0. The summed E-state index contributed by atoms with van der Waals surface area (Å²) < 4.78 is 3.90. The maximum Gasteiger partial charge on any atom is -1.00 e. The summed E-state index contributed by atoms with van der Waals surface area (Å²) in [7, 11) is -1.62. The van der Waals surface area contributed by atoms with Crippen LogP contribution >= 0.6 is 0 Å². The van der Waals surface area contributed by atoms with Crippen LogP contribution in [0.3, 0.4) is 0 Å². The Hall–Kier alpha value is 0.640. The van der Waals surface area contributed by atoms with Crippen LogP contribution in [0.25, 0.3) is 0 Å². The molecule has 0 spiro atoms. The van der Waals surface area contributed by atoms with E-state index in [1.165, 1.54) is 12.1 Å². The molecule has 26 heavy (non-hydrogen) atoms. The van der Waals surface area contributed by atoms with E-state index in [1.807, 2.05) is 6.56 Å². The van der Waals surface area contributed by atoms with Gasteiger partial charge in [-0.15, -0.1) is 0 Å². The van der Waals surface area contributed by atoms with Crippen molar-refractivity contribution in [2.75, 3.05) is 0 Å². The van der Waals surface area contributed by atoms with E-state index >= 15 is 0 Å². The van der Waals surface area contributed by atoms with Gasteiger partial charge in [0.15, 0.2) is 0 Å². The molecule has 0 amide bonds. The van der Waals surface area contributed by atoms with Crippen molar-refractivity contribution in [3.63, 3.8) is 0 Å². The van der Waals surface area contributed by atoms with Crippen molar-refractivity contribution in [3.05, 3.63) is 40.0 Å². The van der Waals surface area contributed by atoms with Crippen LogP contribution in [0.4, 0.5) is 0 Å². The van der Waals surface area contributed by atoms with Crippen molar-refractivity contribution >= 4 is 8.07 Å². The van der Waals surface area contributed by atoms with Crippen molar-refractivity contribution in [2.24, 2.45) is 0 Å². The van der Waals surface area contributed by atoms with Crippen LogP contribution in [0.15, 0.2) is 40.0 Å². The topological polar surface area (TPSA) is 0 Å². The van der Waals surface area contributed by atoms with Gasteiger partial charge in [-0.1, -0.05) is 0 Å². The Bertz CT molecular complexity index is 707. The molecule has 0 aromatic heterocycles. The van der Waals surface area contributed by atoms with E-state index in [-0.39, 0.29) is 24.8 Å². The van der Waals surface area contributed by atoms with Crippen LogP contribution in [0.1, 0.15) is 69.2 Å². The molecule has 2 unspecified atom stereocenters. The van der Waals surface area contributed by atoms with Gasteiger partial charge in [0.2, 0.25) is 0 Å². The zero-order valence-electron chi connectivity index (χ0n) is 18.2. The Morgan fingerprint density at radius 1 is 0.654 bits per heavy atom. The molecule has 1 heterocycles. The molecule has 0 nitrogen and oxygen atoms in total. The van der Waals surface area contributed by atoms with Gasteiger partial charge in [0, 0.05) is 0 Å². The minimum atomic E-state index is -1.62. The molecule has 0 aromatic carbocycles. The molecule has 3 rings (SSSR count). The molecule has 4 heteroatoms. The average Bonchev–Trinajstić information content (AvgIpc) is 2.84. The van der Waals surface area contributed by atoms with Crippen LogP contribution in [0.2, 0.25) is 22.2 Å². The average molecular weight is 489 g/mol. The molecule has 0 aromatic rings. The SMILES string of the molecule is CC[Si]1(CC)C2(C)C(C)=C(C)C(C)=[C]2[Zr+2][C]2=C(C)C(C)=C(C)C21C.[Cl-].[Cl-]. The van der Waals surface area contributed by atoms with Gasteiger partial charge >= 0.3 is 163 Å². The number of halogens is 2. The third-order valence-electron chi connectivity index (χ3n) is 8.87. The van der Waals surface area contributed by atoms with E-state index in [9.17, 15) is 0 Å². The molecule has 0 saturated carbocycles. The van der Waals surface area contributed by atoms with Gasteiger partial charge in [0.1, 0.15) is 0 Å². The largest absolute Gasteiger partial charge is 1.00 e. The van der Waals surface area contributed by atoms with Gasteiger partial charge in [0.25, 0.3) is 0 Å². The quantitative estimate of drug-likeness (QED) is 0.515. The molecule has 3 aliphatic rings. The van der Waals surface area contributed by atoms with E-state index in [0.29, 0.717) is 10.1 Å². The molecule has 144 valence electrons. The second kappa shape index (κ2) is 7.47. The van der Waals surface area contributed by atoms with Crippen LogP contribution in [0.5, 0.6) is 0 Å². The number of rotatable bonds is 2. The summed E-state index contributed by atoms with van der Waals surface area (Å²) in [6.45, 7) is 25.0. The summed E-state index contributed by atoms with van der Waals surface area (Å²) in [5, 5.41) is 0.836. The molecule has 1 aliphatic heterocycles. The fourth-order valence-electron chi connectivity index (χ4n) is 6.74. The van der Waals surface area contributed by atoms with Crippen LogP contribution in [-0.2, 0) is 23.2 Å². The Balaban J connectivity index is 0.00000169. The molecular weight excluding hydrogens is 454 g/mol. The van der Waals surface area contributed by atoms with Crippen molar-refractivity contribution in [1.82, 2.24) is 0 Å². The van der Waals surface area contributed by atoms with Gasteiger partial charge in [-0.2, -0.15) is 0 Å². The maximum atomic E-state index is 2.68. The minimum absolute atomic E-state index is 0. The molecule has 2 aliphatic carbocycles. The summed E-state index contributed by atoms with van der Waals surface area (Å²) >= 11 is -0.695. The second-order valence-electron chi connectivity index (χ2n) is 8.66. The Morgan fingerprint density at radius 2 is 0.962 bits per heavy atom. The van der Waals surface area contributed by atoms with Crippen LogP contribution < -0.4 is 24.8 Å². The fourth-order valence-corrected chi connectivity index (χ4v) is 23.1. The molecule has 2 atom stereocenters. The monoisotopic (exact) mass is 486 g/mol. The van der Waals surface area contributed by atoms with Crippen molar-refractivity contribution in [1.29, 1.82) is 0 Å². The first-order valence-corrected chi connectivity index (χ1v) is 14.5. The first kappa shape index (κ1) is 24.7. The van der Waals surface area contributed by atoms with E-state index in [1.54, 1.807) is 33.4 Å². The fraction of sp³-hybridized carbons (Fsp3) is 0.636. The van der Waals surface area contributed by atoms with Gasteiger partial charge in [-0.05, 0) is 0 Å². The molecule has 1 saturated heterocycles. The van der Waals surface area contributed by atoms with E-state index in [4.69, 9.17) is 0 Å². The Morgan fingerprint density at radius 3 is 1.23 bits per heavy atom. The van der Waals surface area contributed by atoms with E-state index in [0.717, 1.165) is 0 Å². The molecular formula is C22H34Cl2SiZr. The maximum absolute atomic E-state index is 2.68. The molecule has 0 radical (unpaired) electrons. The Labute approximate surface area is 186 Å². The van der Waals surface area contributed by atoms with Crippen LogP contribution in [0, 0.1) is 0 Å². The molecule has 0 bridgehead atoms. The number of allylic oxidation sites excluding steroid dienone is 8. The third kappa shape index (κ3) is 2.34. The molecule has 1 fully saturated rings. The zero-order valence-corrected chi connectivity index (χ0v) is 23.1. The third-order valence-corrected chi connectivity index (χ3v) is 23.1. The van der Waals surface area contributed by atoms with Gasteiger partial charge < -0.3 is 24.8 Å². The second-order valence-corrected chi connectivity index (χ2v) is 17.3. The van der Waals surface area contributed by atoms with Gasteiger partial charge in [-0.25, -0.2) is 0 Å². The first-order valence-electron chi connectivity index (χ1n) is 9.62. The predicted octanol–water partition coefficient (Wildman–Crippen LogP) is 1.35. The minimum Gasteiger partial charge on any atom is -1.00 e. The Kier molecular flexibility index (Phi) is 7.09. The van der Waals surface area contributed by atoms with Crippen molar-refractivity contribution < 1.29 is 48.0 Å². The number of hydrogen-bond acceptors (Lipinski definition) is 0. The summed E-state index contributed by atoms with van der Waals surface area (Å²) in [5.74, 6) is 0. The summed E-state index contributed by atoms with van der Waals surface area (Å²) in [6, 6.07) is 2.80. The van der Waals surface area contributed by atoms with Gasteiger partial charge in [-0.3, -0.25) is 0 Å². The number of hydrogen-bond donors (Lipinski definition) is 0. The van der Waals surface area contributed by atoms with Gasteiger partial charge in [0.05, 0.1) is 0 Å². The number of fused-ring (bicyclic) bond motifs is 2.